The van der Waals surface area contributed by atoms with Crippen molar-refractivity contribution in [3.8, 4) is 0 Å². The molecule has 1 nitrogen and oxygen atoms in total. The Morgan fingerprint density at radius 2 is 1.64 bits per heavy atom. The Morgan fingerprint density at radius 3 is 2.00 bits per heavy atom. The summed E-state index contributed by atoms with van der Waals surface area (Å²) < 4.78 is 0. The highest BCUT2D eigenvalue weighted by molar-refractivity contribution is 4.66. The van der Waals surface area contributed by atoms with Gasteiger partial charge in [0.25, 0.3) is 0 Å². The van der Waals surface area contributed by atoms with Crippen molar-refractivity contribution < 1.29 is 5.11 Å². The van der Waals surface area contributed by atoms with E-state index in [0.29, 0.717) is 18.4 Å². The average molecular weight is 158 g/mol. The molecule has 0 fully saturated rings. The Bertz CT molecular complexity index is 90.9. The van der Waals surface area contributed by atoms with E-state index in [1.54, 1.807) is 0 Å². The van der Waals surface area contributed by atoms with Crippen LogP contribution in [0.3, 0.4) is 0 Å². The van der Waals surface area contributed by atoms with Crippen molar-refractivity contribution >= 4 is 0 Å². The molecule has 3 atom stereocenters. The SMILES string of the molecule is CCCC(C)C(C)C(C)CO. The second-order valence-electron chi connectivity index (χ2n) is 3.78. The van der Waals surface area contributed by atoms with Crippen LogP contribution < -0.4 is 0 Å². The number of aliphatic hydroxyl groups is 1. The van der Waals surface area contributed by atoms with Crippen LogP contribution in [0.5, 0.6) is 0 Å². The highest BCUT2D eigenvalue weighted by atomic mass is 16.3. The van der Waals surface area contributed by atoms with E-state index >= 15 is 0 Å². The standard InChI is InChI=1S/C10H22O/c1-5-6-8(2)10(4)9(3)7-11/h8-11H,5-7H2,1-4H3. The molecule has 68 valence electrons. The second-order valence-corrected chi connectivity index (χ2v) is 3.78. The minimum atomic E-state index is 0.329. The van der Waals surface area contributed by atoms with Crippen molar-refractivity contribution in [3.05, 3.63) is 0 Å². The summed E-state index contributed by atoms with van der Waals surface area (Å²) in [7, 11) is 0. The van der Waals surface area contributed by atoms with E-state index < -0.39 is 0 Å². The van der Waals surface area contributed by atoms with Crippen molar-refractivity contribution in [2.75, 3.05) is 6.61 Å². The predicted molar refractivity (Wildman–Crippen MR) is 49.5 cm³/mol. The van der Waals surface area contributed by atoms with E-state index in [0.717, 1.165) is 5.92 Å². The van der Waals surface area contributed by atoms with Crippen molar-refractivity contribution in [1.29, 1.82) is 0 Å². The third kappa shape index (κ3) is 3.76. The monoisotopic (exact) mass is 158 g/mol. The zero-order chi connectivity index (χ0) is 8.85. The first-order valence-electron chi connectivity index (χ1n) is 4.74. The lowest BCUT2D eigenvalue weighted by molar-refractivity contribution is 0.160. The van der Waals surface area contributed by atoms with Crippen molar-refractivity contribution in [2.45, 2.75) is 40.5 Å². The van der Waals surface area contributed by atoms with Crippen LogP contribution in [0.25, 0.3) is 0 Å². The fraction of sp³-hybridized carbons (Fsp3) is 1.00. The van der Waals surface area contributed by atoms with Crippen LogP contribution in [0.1, 0.15) is 40.5 Å². The molecule has 0 saturated carbocycles. The van der Waals surface area contributed by atoms with Gasteiger partial charge in [-0.3, -0.25) is 0 Å². The maximum absolute atomic E-state index is 8.92. The van der Waals surface area contributed by atoms with Gasteiger partial charge in [-0.2, -0.15) is 0 Å². The molecule has 0 amide bonds. The van der Waals surface area contributed by atoms with Gasteiger partial charge in [0.2, 0.25) is 0 Å². The zero-order valence-electron chi connectivity index (χ0n) is 8.30. The molecule has 0 aliphatic rings. The van der Waals surface area contributed by atoms with Gasteiger partial charge in [0.05, 0.1) is 0 Å². The Kier molecular flexibility index (Phi) is 5.57. The normalized spacial score (nSPS) is 19.4. The molecule has 1 heteroatoms. The third-order valence-corrected chi connectivity index (χ3v) is 2.83. The van der Waals surface area contributed by atoms with Crippen LogP contribution in [0, 0.1) is 17.8 Å². The minimum Gasteiger partial charge on any atom is -0.396 e. The van der Waals surface area contributed by atoms with Gasteiger partial charge in [-0.15, -0.1) is 0 Å². The lowest BCUT2D eigenvalue weighted by Crippen LogP contribution is -2.19. The molecule has 0 radical (unpaired) electrons. The Labute approximate surface area is 70.8 Å². The topological polar surface area (TPSA) is 20.2 Å². The molecule has 0 aliphatic heterocycles. The molecule has 0 aromatic carbocycles. The highest BCUT2D eigenvalue weighted by Crippen LogP contribution is 2.23. The minimum absolute atomic E-state index is 0.329. The van der Waals surface area contributed by atoms with Gasteiger partial charge >= 0.3 is 0 Å². The first kappa shape index (κ1) is 11.0. The Hall–Kier alpha value is -0.0400. The van der Waals surface area contributed by atoms with Crippen molar-refractivity contribution in [2.24, 2.45) is 17.8 Å². The summed E-state index contributed by atoms with van der Waals surface area (Å²) in [6.07, 6.45) is 2.54. The summed E-state index contributed by atoms with van der Waals surface area (Å²) in [4.78, 5) is 0. The Morgan fingerprint density at radius 1 is 1.09 bits per heavy atom. The van der Waals surface area contributed by atoms with Crippen LogP contribution in [0.2, 0.25) is 0 Å². The molecular weight excluding hydrogens is 136 g/mol. The summed E-state index contributed by atoms with van der Waals surface area (Å²) in [5, 5.41) is 8.92. The van der Waals surface area contributed by atoms with Crippen LogP contribution in [-0.4, -0.2) is 11.7 Å². The molecule has 11 heavy (non-hydrogen) atoms. The summed E-state index contributed by atoms with van der Waals surface area (Å²) in [6.45, 7) is 9.18. The first-order chi connectivity index (χ1) is 5.13. The largest absolute Gasteiger partial charge is 0.396 e. The van der Waals surface area contributed by atoms with Crippen LogP contribution in [-0.2, 0) is 0 Å². The molecular formula is C10H22O. The quantitative estimate of drug-likeness (QED) is 0.652. The first-order valence-corrected chi connectivity index (χ1v) is 4.74. The molecule has 0 heterocycles. The van der Waals surface area contributed by atoms with E-state index in [4.69, 9.17) is 5.11 Å². The lowest BCUT2D eigenvalue weighted by atomic mass is 9.83. The molecule has 0 rings (SSSR count). The van der Waals surface area contributed by atoms with Crippen molar-refractivity contribution in [1.82, 2.24) is 0 Å². The van der Waals surface area contributed by atoms with E-state index in [1.165, 1.54) is 12.8 Å². The van der Waals surface area contributed by atoms with Gasteiger partial charge in [-0.25, -0.2) is 0 Å². The van der Waals surface area contributed by atoms with Crippen LogP contribution >= 0.6 is 0 Å². The molecule has 0 saturated heterocycles. The molecule has 0 aromatic rings. The van der Waals surface area contributed by atoms with Gasteiger partial charge in [-0.1, -0.05) is 40.5 Å². The fourth-order valence-electron chi connectivity index (χ4n) is 1.45. The summed E-state index contributed by atoms with van der Waals surface area (Å²) in [5.41, 5.74) is 0. The predicted octanol–water partition coefficient (Wildman–Crippen LogP) is 2.69. The number of aliphatic hydroxyl groups excluding tert-OH is 1. The molecule has 0 spiro atoms. The van der Waals surface area contributed by atoms with Gasteiger partial charge in [0.15, 0.2) is 0 Å². The molecule has 1 N–H and O–H groups in total. The fourth-order valence-corrected chi connectivity index (χ4v) is 1.45. The summed E-state index contributed by atoms with van der Waals surface area (Å²) >= 11 is 0. The number of hydrogen-bond donors (Lipinski definition) is 1. The number of hydrogen-bond acceptors (Lipinski definition) is 1. The summed E-state index contributed by atoms with van der Waals surface area (Å²) in [6, 6.07) is 0. The van der Waals surface area contributed by atoms with Crippen LogP contribution in [0.4, 0.5) is 0 Å². The summed E-state index contributed by atoms with van der Waals surface area (Å²) in [5.74, 6) is 1.86. The molecule has 3 unspecified atom stereocenters. The van der Waals surface area contributed by atoms with E-state index in [1.807, 2.05) is 0 Å². The van der Waals surface area contributed by atoms with Gasteiger partial charge in [0.1, 0.15) is 0 Å². The number of rotatable bonds is 5. The highest BCUT2D eigenvalue weighted by Gasteiger charge is 2.17. The molecule has 0 aliphatic carbocycles. The second kappa shape index (κ2) is 5.59. The molecule has 0 bridgehead atoms. The third-order valence-electron chi connectivity index (χ3n) is 2.83. The maximum Gasteiger partial charge on any atom is 0.0459 e. The van der Waals surface area contributed by atoms with Crippen LogP contribution in [0.15, 0.2) is 0 Å². The lowest BCUT2D eigenvalue weighted by Gasteiger charge is -2.24. The Balaban J connectivity index is 3.70. The van der Waals surface area contributed by atoms with E-state index in [2.05, 4.69) is 27.7 Å². The van der Waals surface area contributed by atoms with Crippen molar-refractivity contribution in [3.63, 3.8) is 0 Å². The average Bonchev–Trinajstić information content (AvgIpc) is 2.02. The van der Waals surface area contributed by atoms with Gasteiger partial charge < -0.3 is 5.11 Å². The molecule has 0 aromatic heterocycles. The van der Waals surface area contributed by atoms with E-state index in [9.17, 15) is 0 Å². The zero-order valence-corrected chi connectivity index (χ0v) is 8.30. The van der Waals surface area contributed by atoms with E-state index in [-0.39, 0.29) is 0 Å². The van der Waals surface area contributed by atoms with Gasteiger partial charge in [0, 0.05) is 6.61 Å². The maximum atomic E-state index is 8.92. The van der Waals surface area contributed by atoms with Gasteiger partial charge in [-0.05, 0) is 17.8 Å². The smallest absolute Gasteiger partial charge is 0.0459 e.